The smallest absolute Gasteiger partial charge is 0.399 e. The molecular weight excluding hydrogens is 261 g/mol. The number of hydrogen-bond acceptors (Lipinski definition) is 3. The summed E-state index contributed by atoms with van der Waals surface area (Å²) in [6.07, 6.45) is 5.24. The Kier molecular flexibility index (Phi) is 3.79. The van der Waals surface area contributed by atoms with Gasteiger partial charge in [0, 0.05) is 11.7 Å². The van der Waals surface area contributed by atoms with Crippen molar-refractivity contribution in [2.24, 2.45) is 0 Å². The SMILES string of the molecule is CC1(C)OB(c2cccc(NC3CCCC3)c2)OC1(C)C. The van der Waals surface area contributed by atoms with Crippen LogP contribution < -0.4 is 10.8 Å². The van der Waals surface area contributed by atoms with Crippen LogP contribution in [0.4, 0.5) is 5.69 Å². The van der Waals surface area contributed by atoms with E-state index in [4.69, 9.17) is 9.31 Å². The van der Waals surface area contributed by atoms with Gasteiger partial charge in [-0.2, -0.15) is 0 Å². The van der Waals surface area contributed by atoms with Crippen LogP contribution in [-0.4, -0.2) is 24.4 Å². The Labute approximate surface area is 128 Å². The van der Waals surface area contributed by atoms with Crippen molar-refractivity contribution in [1.29, 1.82) is 0 Å². The van der Waals surface area contributed by atoms with Gasteiger partial charge in [-0.05, 0) is 58.1 Å². The maximum absolute atomic E-state index is 6.13. The van der Waals surface area contributed by atoms with Crippen LogP contribution in [0.5, 0.6) is 0 Å². The van der Waals surface area contributed by atoms with Crippen molar-refractivity contribution in [3.8, 4) is 0 Å². The molecule has 0 aromatic heterocycles. The molecule has 1 aliphatic carbocycles. The first-order valence-corrected chi connectivity index (χ1v) is 8.09. The lowest BCUT2D eigenvalue weighted by Crippen LogP contribution is -2.41. The van der Waals surface area contributed by atoms with Crippen molar-refractivity contribution in [2.45, 2.75) is 70.6 Å². The van der Waals surface area contributed by atoms with Crippen LogP contribution in [0.2, 0.25) is 0 Å². The van der Waals surface area contributed by atoms with E-state index in [2.05, 4.69) is 57.3 Å². The standard InChI is InChI=1S/C17H26BNO2/c1-16(2)17(3,4)21-18(20-16)13-8-7-11-15(12-13)19-14-9-5-6-10-14/h7-8,11-12,14,19H,5-6,9-10H2,1-4H3. The highest BCUT2D eigenvalue weighted by Gasteiger charge is 2.51. The Balaban J connectivity index is 1.74. The van der Waals surface area contributed by atoms with Crippen molar-refractivity contribution in [2.75, 3.05) is 5.32 Å². The lowest BCUT2D eigenvalue weighted by molar-refractivity contribution is 0.00578. The zero-order valence-corrected chi connectivity index (χ0v) is 13.6. The van der Waals surface area contributed by atoms with Gasteiger partial charge in [-0.25, -0.2) is 0 Å². The second-order valence-corrected chi connectivity index (χ2v) is 7.34. The minimum atomic E-state index is -0.285. The van der Waals surface area contributed by atoms with Gasteiger partial charge < -0.3 is 14.6 Å². The summed E-state index contributed by atoms with van der Waals surface area (Å²) in [5.74, 6) is 0. The van der Waals surface area contributed by atoms with E-state index in [-0.39, 0.29) is 18.3 Å². The monoisotopic (exact) mass is 287 g/mol. The fraction of sp³-hybridized carbons (Fsp3) is 0.647. The van der Waals surface area contributed by atoms with Crippen LogP contribution in [0.3, 0.4) is 0 Å². The predicted molar refractivity (Wildman–Crippen MR) is 88.0 cm³/mol. The summed E-state index contributed by atoms with van der Waals surface area (Å²) in [5, 5.41) is 3.64. The molecule has 1 aromatic carbocycles. The molecule has 1 heterocycles. The van der Waals surface area contributed by atoms with Gasteiger partial charge in [-0.1, -0.05) is 25.0 Å². The minimum Gasteiger partial charge on any atom is -0.399 e. The molecule has 21 heavy (non-hydrogen) atoms. The number of nitrogens with one attached hydrogen (secondary N) is 1. The van der Waals surface area contributed by atoms with Gasteiger partial charge in [-0.3, -0.25) is 0 Å². The highest BCUT2D eigenvalue weighted by molar-refractivity contribution is 6.62. The molecule has 0 radical (unpaired) electrons. The lowest BCUT2D eigenvalue weighted by atomic mass is 9.79. The highest BCUT2D eigenvalue weighted by atomic mass is 16.7. The Hall–Kier alpha value is -0.995. The number of benzene rings is 1. The molecule has 3 nitrogen and oxygen atoms in total. The first-order valence-electron chi connectivity index (χ1n) is 8.09. The highest BCUT2D eigenvalue weighted by Crippen LogP contribution is 2.36. The zero-order valence-electron chi connectivity index (χ0n) is 13.6. The molecule has 2 aliphatic rings. The van der Waals surface area contributed by atoms with Gasteiger partial charge in [0.25, 0.3) is 0 Å². The Bertz CT molecular complexity index is 493. The molecule has 2 fully saturated rings. The summed E-state index contributed by atoms with van der Waals surface area (Å²) < 4.78 is 12.3. The van der Waals surface area contributed by atoms with E-state index in [1.54, 1.807) is 0 Å². The summed E-state index contributed by atoms with van der Waals surface area (Å²) in [6, 6.07) is 9.09. The van der Waals surface area contributed by atoms with Gasteiger partial charge >= 0.3 is 7.12 Å². The maximum Gasteiger partial charge on any atom is 0.494 e. The zero-order chi connectivity index (χ0) is 15.1. The van der Waals surface area contributed by atoms with Crippen LogP contribution in [0.25, 0.3) is 0 Å². The van der Waals surface area contributed by atoms with E-state index >= 15 is 0 Å². The third kappa shape index (κ3) is 2.97. The number of rotatable bonds is 3. The van der Waals surface area contributed by atoms with Crippen molar-refractivity contribution < 1.29 is 9.31 Å². The summed E-state index contributed by atoms with van der Waals surface area (Å²) in [7, 11) is -0.277. The lowest BCUT2D eigenvalue weighted by Gasteiger charge is -2.32. The summed E-state index contributed by atoms with van der Waals surface area (Å²) >= 11 is 0. The van der Waals surface area contributed by atoms with E-state index in [0.29, 0.717) is 6.04 Å². The van der Waals surface area contributed by atoms with Gasteiger partial charge in [0.05, 0.1) is 11.2 Å². The molecule has 1 aromatic rings. The molecule has 0 atom stereocenters. The first kappa shape index (κ1) is 14.9. The second-order valence-electron chi connectivity index (χ2n) is 7.34. The van der Waals surface area contributed by atoms with Gasteiger partial charge in [-0.15, -0.1) is 0 Å². The topological polar surface area (TPSA) is 30.5 Å². The fourth-order valence-corrected chi connectivity index (χ4v) is 3.06. The normalized spacial score (nSPS) is 24.5. The molecule has 114 valence electrons. The molecule has 1 aliphatic heterocycles. The number of anilines is 1. The molecule has 1 saturated heterocycles. The molecule has 0 bridgehead atoms. The van der Waals surface area contributed by atoms with Crippen LogP contribution in [-0.2, 0) is 9.31 Å². The van der Waals surface area contributed by atoms with Gasteiger partial charge in [0.15, 0.2) is 0 Å². The van der Waals surface area contributed by atoms with E-state index in [1.165, 1.54) is 31.4 Å². The Morgan fingerprint density at radius 2 is 1.67 bits per heavy atom. The third-order valence-corrected chi connectivity index (χ3v) is 5.14. The van der Waals surface area contributed by atoms with Crippen molar-refractivity contribution in [1.82, 2.24) is 0 Å². The van der Waals surface area contributed by atoms with Crippen molar-refractivity contribution in [3.05, 3.63) is 24.3 Å². The third-order valence-electron chi connectivity index (χ3n) is 5.14. The van der Waals surface area contributed by atoms with E-state index in [9.17, 15) is 0 Å². The average Bonchev–Trinajstić information content (AvgIpc) is 2.97. The molecule has 1 saturated carbocycles. The van der Waals surface area contributed by atoms with E-state index in [0.717, 1.165) is 5.46 Å². The van der Waals surface area contributed by atoms with Crippen LogP contribution in [0.15, 0.2) is 24.3 Å². The second kappa shape index (κ2) is 5.33. The van der Waals surface area contributed by atoms with Gasteiger partial charge in [0.2, 0.25) is 0 Å². The van der Waals surface area contributed by atoms with Crippen LogP contribution in [0, 0.1) is 0 Å². The van der Waals surface area contributed by atoms with E-state index < -0.39 is 0 Å². The fourth-order valence-electron chi connectivity index (χ4n) is 3.06. The molecule has 4 heteroatoms. The van der Waals surface area contributed by atoms with Crippen molar-refractivity contribution >= 4 is 18.3 Å². The summed E-state index contributed by atoms with van der Waals surface area (Å²) in [4.78, 5) is 0. The quantitative estimate of drug-likeness (QED) is 0.865. The summed E-state index contributed by atoms with van der Waals surface area (Å²) in [6.45, 7) is 8.36. The maximum atomic E-state index is 6.13. The molecule has 3 rings (SSSR count). The largest absolute Gasteiger partial charge is 0.494 e. The van der Waals surface area contributed by atoms with E-state index in [1.807, 2.05) is 0 Å². The molecular formula is C17H26BNO2. The first-order chi connectivity index (χ1) is 9.87. The average molecular weight is 287 g/mol. The van der Waals surface area contributed by atoms with Gasteiger partial charge in [0.1, 0.15) is 0 Å². The molecule has 1 N–H and O–H groups in total. The number of hydrogen-bond donors (Lipinski definition) is 1. The minimum absolute atomic E-state index is 0.277. The molecule has 0 amide bonds. The Morgan fingerprint density at radius 3 is 2.29 bits per heavy atom. The molecule has 0 spiro atoms. The predicted octanol–water partition coefficient (Wildman–Crippen LogP) is 3.34. The Morgan fingerprint density at radius 1 is 1.05 bits per heavy atom. The van der Waals surface area contributed by atoms with Crippen LogP contribution in [0.1, 0.15) is 53.4 Å². The summed E-state index contributed by atoms with van der Waals surface area (Å²) in [5.41, 5.74) is 1.70. The molecule has 0 unspecified atom stereocenters. The van der Waals surface area contributed by atoms with Crippen LogP contribution >= 0.6 is 0 Å². The van der Waals surface area contributed by atoms with Crippen molar-refractivity contribution in [3.63, 3.8) is 0 Å².